The first-order chi connectivity index (χ1) is 9.08. The summed E-state index contributed by atoms with van der Waals surface area (Å²) in [6, 6.07) is 7.60. The first-order valence-electron chi connectivity index (χ1n) is 6.36. The maximum Gasteiger partial charge on any atom is 0.246 e. The molecule has 1 aliphatic heterocycles. The van der Waals surface area contributed by atoms with Gasteiger partial charge in [0.25, 0.3) is 0 Å². The molecule has 1 aromatic carbocycles. The van der Waals surface area contributed by atoms with E-state index in [9.17, 15) is 4.79 Å². The van der Waals surface area contributed by atoms with E-state index >= 15 is 0 Å². The molecule has 0 saturated carbocycles. The van der Waals surface area contributed by atoms with Gasteiger partial charge in [0.05, 0.1) is 29.6 Å². The van der Waals surface area contributed by atoms with Crippen molar-refractivity contribution < 1.29 is 4.79 Å². The van der Waals surface area contributed by atoms with Crippen LogP contribution in [0.5, 0.6) is 0 Å². The first kappa shape index (κ1) is 13.4. The normalized spacial score (nSPS) is 16.0. The van der Waals surface area contributed by atoms with Crippen molar-refractivity contribution in [2.24, 2.45) is 5.73 Å². The molecule has 1 aromatic rings. The number of carbonyl (C=O) groups is 1. The maximum atomic E-state index is 12.2. The van der Waals surface area contributed by atoms with Crippen LogP contribution in [-0.2, 0) is 4.79 Å². The van der Waals surface area contributed by atoms with Gasteiger partial charge in [-0.3, -0.25) is 4.79 Å². The van der Waals surface area contributed by atoms with Crippen LogP contribution in [0.2, 0.25) is 0 Å². The lowest BCUT2D eigenvalue weighted by Crippen LogP contribution is -2.49. The molecule has 1 unspecified atom stereocenters. The molecule has 5 nitrogen and oxygen atoms in total. The number of nitrogens with two attached hydrogens (primary N) is 1. The average Bonchev–Trinajstić information content (AvgIpc) is 2.38. The lowest BCUT2D eigenvalue weighted by Gasteiger charge is -2.38. The Morgan fingerprint density at radius 3 is 2.84 bits per heavy atom. The van der Waals surface area contributed by atoms with Crippen molar-refractivity contribution in [1.29, 1.82) is 5.26 Å². The Labute approximate surface area is 113 Å². The fraction of sp³-hybridized carbons (Fsp3) is 0.429. The largest absolute Gasteiger partial charge is 0.364 e. The number of hydrogen-bond donors (Lipinski definition) is 1. The van der Waals surface area contributed by atoms with Gasteiger partial charge < -0.3 is 15.5 Å². The maximum absolute atomic E-state index is 12.2. The van der Waals surface area contributed by atoms with Gasteiger partial charge >= 0.3 is 0 Å². The van der Waals surface area contributed by atoms with Crippen LogP contribution in [0.25, 0.3) is 0 Å². The monoisotopic (exact) mass is 258 g/mol. The zero-order valence-corrected chi connectivity index (χ0v) is 11.3. The third-order valence-electron chi connectivity index (χ3n) is 3.44. The molecule has 0 bridgehead atoms. The van der Waals surface area contributed by atoms with Gasteiger partial charge in [-0.1, -0.05) is 0 Å². The number of benzene rings is 1. The molecule has 0 fully saturated rings. The highest BCUT2D eigenvalue weighted by Gasteiger charge is 2.30. The van der Waals surface area contributed by atoms with Crippen LogP contribution in [0.3, 0.4) is 0 Å². The molecule has 2 N–H and O–H groups in total. The number of amides is 1. The Hall–Kier alpha value is -2.06. The minimum atomic E-state index is 0.0406. The van der Waals surface area contributed by atoms with Crippen LogP contribution in [0.4, 0.5) is 11.4 Å². The molecule has 19 heavy (non-hydrogen) atoms. The Balaban J connectivity index is 2.49. The number of anilines is 2. The summed E-state index contributed by atoms with van der Waals surface area (Å²) < 4.78 is 0. The van der Waals surface area contributed by atoms with Crippen molar-refractivity contribution in [2.75, 3.05) is 29.9 Å². The van der Waals surface area contributed by atoms with Crippen LogP contribution in [0.15, 0.2) is 18.2 Å². The molecule has 1 aliphatic rings. The summed E-state index contributed by atoms with van der Waals surface area (Å²) in [7, 11) is 1.88. The van der Waals surface area contributed by atoms with Gasteiger partial charge in [0, 0.05) is 13.1 Å². The van der Waals surface area contributed by atoms with E-state index in [4.69, 9.17) is 11.0 Å². The Kier molecular flexibility index (Phi) is 3.72. The second kappa shape index (κ2) is 5.29. The van der Waals surface area contributed by atoms with Crippen molar-refractivity contribution in [2.45, 2.75) is 19.4 Å². The van der Waals surface area contributed by atoms with Crippen molar-refractivity contribution in [3.8, 4) is 6.07 Å². The Morgan fingerprint density at radius 1 is 1.47 bits per heavy atom. The average molecular weight is 258 g/mol. The van der Waals surface area contributed by atoms with E-state index in [1.54, 1.807) is 17.0 Å². The van der Waals surface area contributed by atoms with Crippen LogP contribution < -0.4 is 15.5 Å². The van der Waals surface area contributed by atoms with E-state index in [0.29, 0.717) is 18.7 Å². The van der Waals surface area contributed by atoms with Gasteiger partial charge in [-0.2, -0.15) is 5.26 Å². The van der Waals surface area contributed by atoms with E-state index in [2.05, 4.69) is 6.07 Å². The van der Waals surface area contributed by atoms with Gasteiger partial charge in [0.1, 0.15) is 0 Å². The molecule has 1 heterocycles. The second-order valence-corrected chi connectivity index (χ2v) is 4.86. The Morgan fingerprint density at radius 2 is 2.21 bits per heavy atom. The van der Waals surface area contributed by atoms with Crippen LogP contribution in [0, 0.1) is 11.3 Å². The predicted octanol–water partition coefficient (Wildman–Crippen LogP) is 1.08. The van der Waals surface area contributed by atoms with Gasteiger partial charge in [-0.05, 0) is 38.1 Å². The number of rotatable bonds is 3. The third-order valence-corrected chi connectivity index (χ3v) is 3.44. The third kappa shape index (κ3) is 2.40. The van der Waals surface area contributed by atoms with Crippen molar-refractivity contribution in [3.63, 3.8) is 0 Å². The Bertz CT molecular complexity index is 535. The molecule has 100 valence electrons. The van der Waals surface area contributed by atoms with Crippen molar-refractivity contribution in [1.82, 2.24) is 0 Å². The summed E-state index contributed by atoms with van der Waals surface area (Å²) in [5.41, 5.74) is 7.92. The smallest absolute Gasteiger partial charge is 0.246 e. The summed E-state index contributed by atoms with van der Waals surface area (Å²) in [5.74, 6) is 0.0473. The zero-order chi connectivity index (χ0) is 14.0. The van der Waals surface area contributed by atoms with Crippen molar-refractivity contribution in [3.05, 3.63) is 23.8 Å². The number of hydrogen-bond acceptors (Lipinski definition) is 4. The molecular weight excluding hydrogens is 240 g/mol. The SMILES string of the molecule is CC(CCN)N1C(=O)CN(C)c2ccc(C#N)cc21. The minimum Gasteiger partial charge on any atom is -0.364 e. The standard InChI is InChI=1S/C14H18N4O/c1-10(5-6-15)18-13-7-11(8-16)3-4-12(13)17(2)9-14(18)19/h3-4,7,10H,5-6,9,15H2,1-2H3. The summed E-state index contributed by atoms with van der Waals surface area (Å²) in [4.78, 5) is 15.9. The summed E-state index contributed by atoms with van der Waals surface area (Å²) >= 11 is 0. The highest BCUT2D eigenvalue weighted by atomic mass is 16.2. The van der Waals surface area contributed by atoms with Gasteiger partial charge in [0.15, 0.2) is 0 Å². The van der Waals surface area contributed by atoms with E-state index in [1.807, 2.05) is 24.9 Å². The van der Waals surface area contributed by atoms with Gasteiger partial charge in [0.2, 0.25) is 5.91 Å². The van der Waals surface area contributed by atoms with Crippen LogP contribution in [0.1, 0.15) is 18.9 Å². The minimum absolute atomic E-state index is 0.0406. The summed E-state index contributed by atoms with van der Waals surface area (Å²) in [6.07, 6.45) is 0.742. The van der Waals surface area contributed by atoms with Crippen molar-refractivity contribution >= 4 is 17.3 Å². The molecule has 0 saturated heterocycles. The van der Waals surface area contributed by atoms with Crippen LogP contribution >= 0.6 is 0 Å². The number of nitriles is 1. The predicted molar refractivity (Wildman–Crippen MR) is 75.0 cm³/mol. The van der Waals surface area contributed by atoms with Gasteiger partial charge in [-0.25, -0.2) is 0 Å². The second-order valence-electron chi connectivity index (χ2n) is 4.86. The molecule has 0 radical (unpaired) electrons. The van der Waals surface area contributed by atoms with E-state index in [1.165, 1.54) is 0 Å². The molecule has 5 heteroatoms. The molecule has 1 atom stereocenters. The highest BCUT2D eigenvalue weighted by Crippen LogP contribution is 2.35. The highest BCUT2D eigenvalue weighted by molar-refractivity contribution is 6.03. The van der Waals surface area contributed by atoms with E-state index < -0.39 is 0 Å². The molecule has 0 aliphatic carbocycles. The lowest BCUT2D eigenvalue weighted by molar-refractivity contribution is -0.118. The molecule has 0 spiro atoms. The lowest BCUT2D eigenvalue weighted by atomic mass is 10.1. The molecular formula is C14H18N4O. The van der Waals surface area contributed by atoms with Gasteiger partial charge in [-0.15, -0.1) is 0 Å². The topological polar surface area (TPSA) is 73.4 Å². The van der Waals surface area contributed by atoms with E-state index in [0.717, 1.165) is 17.8 Å². The number of likely N-dealkylation sites (N-methyl/N-ethyl adjacent to an activating group) is 1. The molecule has 2 rings (SSSR count). The van der Waals surface area contributed by atoms with E-state index in [-0.39, 0.29) is 11.9 Å². The number of fused-ring (bicyclic) bond motifs is 1. The fourth-order valence-electron chi connectivity index (χ4n) is 2.46. The summed E-state index contributed by atoms with van der Waals surface area (Å²) in [6.45, 7) is 2.88. The number of carbonyl (C=O) groups excluding carboxylic acids is 1. The molecule has 1 amide bonds. The quantitative estimate of drug-likeness (QED) is 0.880. The molecule has 0 aromatic heterocycles. The zero-order valence-electron chi connectivity index (χ0n) is 11.3. The first-order valence-corrected chi connectivity index (χ1v) is 6.36. The number of nitrogens with zero attached hydrogens (tertiary/aromatic N) is 3. The van der Waals surface area contributed by atoms with Crippen LogP contribution in [-0.4, -0.2) is 32.1 Å². The summed E-state index contributed by atoms with van der Waals surface area (Å²) in [5, 5.41) is 9.01. The fourth-order valence-corrected chi connectivity index (χ4v) is 2.46.